The Labute approximate surface area is 137 Å². The van der Waals surface area contributed by atoms with Gasteiger partial charge in [-0.2, -0.15) is 4.98 Å². The number of aromatic nitrogens is 4. The SMILES string of the molecule is CCCCn1c(=O)n(CCCCC(N)=O)c(=O)c2[nH]c(Cl)nc21. The highest BCUT2D eigenvalue weighted by Gasteiger charge is 2.16. The van der Waals surface area contributed by atoms with E-state index >= 15 is 0 Å². The standard InChI is InChI=1S/C14H20ClN5O3/c1-2-3-7-19-11-10(17-13(15)18-11)12(22)20(14(19)23)8-5-4-6-9(16)21/h2-8H2,1H3,(H2,16,21)(H,17,18). The van der Waals surface area contributed by atoms with Crippen LogP contribution in [0.5, 0.6) is 0 Å². The lowest BCUT2D eigenvalue weighted by Gasteiger charge is -2.10. The third-order valence-corrected chi connectivity index (χ3v) is 3.80. The van der Waals surface area contributed by atoms with Crippen LogP contribution in [-0.4, -0.2) is 25.0 Å². The van der Waals surface area contributed by atoms with Gasteiger partial charge in [-0.15, -0.1) is 0 Å². The van der Waals surface area contributed by atoms with E-state index in [9.17, 15) is 14.4 Å². The minimum absolute atomic E-state index is 0.0771. The Hall–Kier alpha value is -2.09. The number of amides is 1. The Kier molecular flexibility index (Phi) is 5.59. The average molecular weight is 342 g/mol. The molecule has 0 aromatic carbocycles. The maximum absolute atomic E-state index is 12.6. The van der Waals surface area contributed by atoms with Crippen molar-refractivity contribution < 1.29 is 4.79 Å². The van der Waals surface area contributed by atoms with Gasteiger partial charge in [-0.3, -0.25) is 18.7 Å². The molecule has 8 nitrogen and oxygen atoms in total. The van der Waals surface area contributed by atoms with Crippen LogP contribution in [0.3, 0.4) is 0 Å². The molecule has 0 saturated heterocycles. The lowest BCUT2D eigenvalue weighted by atomic mass is 10.2. The summed E-state index contributed by atoms with van der Waals surface area (Å²) in [6, 6.07) is 0. The van der Waals surface area contributed by atoms with Crippen LogP contribution in [0, 0.1) is 0 Å². The van der Waals surface area contributed by atoms with E-state index in [0.29, 0.717) is 19.4 Å². The normalized spacial score (nSPS) is 11.2. The first-order chi connectivity index (χ1) is 11.0. The molecule has 0 unspecified atom stereocenters. The molecule has 2 aromatic heterocycles. The topological polar surface area (TPSA) is 116 Å². The number of imidazole rings is 1. The van der Waals surface area contributed by atoms with Crippen molar-refractivity contribution in [3.8, 4) is 0 Å². The van der Waals surface area contributed by atoms with Crippen molar-refractivity contribution in [3.63, 3.8) is 0 Å². The Balaban J connectivity index is 2.41. The fourth-order valence-electron chi connectivity index (χ4n) is 2.42. The van der Waals surface area contributed by atoms with Crippen molar-refractivity contribution in [1.82, 2.24) is 19.1 Å². The first kappa shape index (κ1) is 17.3. The summed E-state index contributed by atoms with van der Waals surface area (Å²) >= 11 is 5.85. The monoisotopic (exact) mass is 341 g/mol. The Morgan fingerprint density at radius 2 is 1.91 bits per heavy atom. The van der Waals surface area contributed by atoms with Crippen LogP contribution in [0.15, 0.2) is 9.59 Å². The molecular weight excluding hydrogens is 322 g/mol. The number of hydrogen-bond donors (Lipinski definition) is 2. The minimum atomic E-state index is -0.448. The summed E-state index contributed by atoms with van der Waals surface area (Å²) in [4.78, 5) is 42.5. The molecule has 0 aliphatic rings. The second-order valence-electron chi connectivity index (χ2n) is 5.39. The van der Waals surface area contributed by atoms with Crippen molar-refractivity contribution in [1.29, 1.82) is 0 Å². The number of fused-ring (bicyclic) bond motifs is 1. The Morgan fingerprint density at radius 3 is 2.57 bits per heavy atom. The molecule has 0 saturated carbocycles. The van der Waals surface area contributed by atoms with Crippen molar-refractivity contribution in [2.75, 3.05) is 0 Å². The third-order valence-electron chi connectivity index (χ3n) is 3.62. The smallest absolute Gasteiger partial charge is 0.332 e. The highest BCUT2D eigenvalue weighted by molar-refractivity contribution is 6.28. The van der Waals surface area contributed by atoms with Crippen molar-refractivity contribution in [2.24, 2.45) is 5.73 Å². The molecule has 3 N–H and O–H groups in total. The van der Waals surface area contributed by atoms with Crippen LogP contribution in [0.25, 0.3) is 11.2 Å². The number of aryl methyl sites for hydroxylation is 1. The van der Waals surface area contributed by atoms with E-state index in [0.717, 1.165) is 17.4 Å². The zero-order valence-corrected chi connectivity index (χ0v) is 13.7. The maximum atomic E-state index is 12.6. The first-order valence-corrected chi connectivity index (χ1v) is 8.00. The highest BCUT2D eigenvalue weighted by Crippen LogP contribution is 2.10. The van der Waals surface area contributed by atoms with Gasteiger partial charge in [-0.1, -0.05) is 13.3 Å². The fraction of sp³-hybridized carbons (Fsp3) is 0.571. The maximum Gasteiger partial charge on any atom is 0.332 e. The molecular formula is C14H20ClN5O3. The molecule has 0 atom stereocenters. The van der Waals surface area contributed by atoms with Crippen LogP contribution in [0.1, 0.15) is 39.0 Å². The molecule has 2 aromatic rings. The summed E-state index contributed by atoms with van der Waals surface area (Å²) < 4.78 is 2.63. The van der Waals surface area contributed by atoms with Gasteiger partial charge in [0, 0.05) is 19.5 Å². The van der Waals surface area contributed by atoms with Gasteiger partial charge in [0.25, 0.3) is 5.56 Å². The lowest BCUT2D eigenvalue weighted by molar-refractivity contribution is -0.118. The second kappa shape index (κ2) is 7.45. The van der Waals surface area contributed by atoms with Gasteiger partial charge < -0.3 is 10.7 Å². The number of carbonyl (C=O) groups is 1. The quantitative estimate of drug-likeness (QED) is 0.550. The van der Waals surface area contributed by atoms with Gasteiger partial charge >= 0.3 is 5.69 Å². The number of nitrogens with zero attached hydrogens (tertiary/aromatic N) is 3. The van der Waals surface area contributed by atoms with Crippen molar-refractivity contribution >= 4 is 28.7 Å². The molecule has 0 spiro atoms. The number of aromatic amines is 1. The molecule has 0 aliphatic heterocycles. The van der Waals surface area contributed by atoms with Crippen molar-refractivity contribution in [2.45, 2.75) is 52.1 Å². The van der Waals surface area contributed by atoms with E-state index in [1.807, 2.05) is 6.92 Å². The molecule has 2 heterocycles. The van der Waals surface area contributed by atoms with E-state index < -0.39 is 17.2 Å². The zero-order valence-electron chi connectivity index (χ0n) is 13.0. The van der Waals surface area contributed by atoms with E-state index in [-0.39, 0.29) is 29.4 Å². The van der Waals surface area contributed by atoms with E-state index in [1.165, 1.54) is 4.57 Å². The number of halogens is 1. The average Bonchev–Trinajstić information content (AvgIpc) is 2.88. The molecule has 0 fully saturated rings. The third kappa shape index (κ3) is 3.82. The molecule has 1 amide bonds. The Morgan fingerprint density at radius 1 is 1.22 bits per heavy atom. The minimum Gasteiger partial charge on any atom is -0.370 e. The summed E-state index contributed by atoms with van der Waals surface area (Å²) in [5, 5.41) is 0.0771. The first-order valence-electron chi connectivity index (χ1n) is 7.62. The largest absolute Gasteiger partial charge is 0.370 e. The zero-order chi connectivity index (χ0) is 17.0. The van der Waals surface area contributed by atoms with Crippen LogP contribution in [0.2, 0.25) is 5.28 Å². The number of nitrogens with one attached hydrogen (secondary N) is 1. The molecule has 0 bridgehead atoms. The summed E-state index contributed by atoms with van der Waals surface area (Å²) in [6.07, 6.45) is 2.97. The van der Waals surface area contributed by atoms with Crippen LogP contribution >= 0.6 is 11.6 Å². The van der Waals surface area contributed by atoms with E-state index in [2.05, 4.69) is 9.97 Å². The summed E-state index contributed by atoms with van der Waals surface area (Å²) in [7, 11) is 0. The number of unbranched alkanes of at least 4 members (excludes halogenated alkanes) is 2. The molecule has 0 radical (unpaired) electrons. The second-order valence-corrected chi connectivity index (χ2v) is 5.75. The van der Waals surface area contributed by atoms with Crippen LogP contribution in [-0.2, 0) is 17.9 Å². The Bertz CT molecular complexity index is 820. The van der Waals surface area contributed by atoms with Crippen LogP contribution < -0.4 is 17.0 Å². The molecule has 126 valence electrons. The van der Waals surface area contributed by atoms with E-state index in [1.54, 1.807) is 0 Å². The van der Waals surface area contributed by atoms with Gasteiger partial charge in [0.15, 0.2) is 11.2 Å². The van der Waals surface area contributed by atoms with Crippen molar-refractivity contribution in [3.05, 3.63) is 26.1 Å². The predicted molar refractivity (Wildman–Crippen MR) is 87.6 cm³/mol. The number of H-pyrrole nitrogens is 1. The number of rotatable bonds is 8. The molecule has 0 aliphatic carbocycles. The fourth-order valence-corrected chi connectivity index (χ4v) is 2.60. The van der Waals surface area contributed by atoms with Gasteiger partial charge in [0.1, 0.15) is 0 Å². The number of carbonyl (C=O) groups excluding carboxylic acids is 1. The predicted octanol–water partition coefficient (Wildman–Crippen LogP) is 0.995. The summed E-state index contributed by atoms with van der Waals surface area (Å²) in [5.41, 5.74) is 4.74. The molecule has 23 heavy (non-hydrogen) atoms. The van der Waals surface area contributed by atoms with Gasteiger partial charge in [-0.05, 0) is 30.9 Å². The lowest BCUT2D eigenvalue weighted by Crippen LogP contribution is -2.40. The number of primary amides is 1. The molecule has 9 heteroatoms. The highest BCUT2D eigenvalue weighted by atomic mass is 35.5. The summed E-state index contributed by atoms with van der Waals surface area (Å²) in [6.45, 7) is 2.71. The number of hydrogen-bond acceptors (Lipinski definition) is 4. The van der Waals surface area contributed by atoms with Gasteiger partial charge in [0.05, 0.1) is 0 Å². The van der Waals surface area contributed by atoms with E-state index in [4.69, 9.17) is 17.3 Å². The summed E-state index contributed by atoms with van der Waals surface area (Å²) in [5.74, 6) is -0.395. The number of nitrogens with two attached hydrogens (primary N) is 1. The van der Waals surface area contributed by atoms with Gasteiger partial charge in [0.2, 0.25) is 11.2 Å². The van der Waals surface area contributed by atoms with Crippen LogP contribution in [0.4, 0.5) is 0 Å². The van der Waals surface area contributed by atoms with Gasteiger partial charge in [-0.25, -0.2) is 4.79 Å². The molecule has 2 rings (SSSR count).